The van der Waals surface area contributed by atoms with E-state index in [-0.39, 0.29) is 0 Å². The van der Waals surface area contributed by atoms with E-state index >= 15 is 0 Å². The van der Waals surface area contributed by atoms with Gasteiger partial charge in [-0.1, -0.05) is 41.6 Å². The lowest BCUT2D eigenvalue weighted by molar-refractivity contribution is 0.949. The van der Waals surface area contributed by atoms with Crippen LogP contribution in [0.5, 0.6) is 0 Å². The van der Waals surface area contributed by atoms with Crippen LogP contribution in [0.25, 0.3) is 10.8 Å². The fraction of sp³-hybridized carbons (Fsp3) is 0.167. The molecule has 0 saturated carbocycles. The van der Waals surface area contributed by atoms with E-state index in [4.69, 9.17) is 0 Å². The summed E-state index contributed by atoms with van der Waals surface area (Å²) in [7, 11) is 0. The van der Waals surface area contributed by atoms with E-state index in [1.54, 1.807) is 0 Å². The van der Waals surface area contributed by atoms with Crippen molar-refractivity contribution in [1.82, 2.24) is 0 Å². The van der Waals surface area contributed by atoms with Gasteiger partial charge < -0.3 is 0 Å². The minimum absolute atomic E-state index is 0.795. The maximum Gasteiger partial charge on any atom is 0.0817 e. The number of benzene rings is 2. The standard InChI is InChI=1S/C12H11N3/c1-2-6-11-10(4-1)5-3-7-12(11)15-9-8-13-14-15/h1-7H,8-9H2. The first-order valence-electron chi connectivity index (χ1n) is 5.08. The fourth-order valence-electron chi connectivity index (χ4n) is 1.91. The zero-order chi connectivity index (χ0) is 10.1. The lowest BCUT2D eigenvalue weighted by Crippen LogP contribution is -2.13. The quantitative estimate of drug-likeness (QED) is 0.690. The van der Waals surface area contributed by atoms with Crippen LogP contribution in [0.2, 0.25) is 0 Å². The van der Waals surface area contributed by atoms with Gasteiger partial charge in [0, 0.05) is 5.39 Å². The number of anilines is 1. The van der Waals surface area contributed by atoms with Crippen LogP contribution in [-0.2, 0) is 0 Å². The zero-order valence-corrected chi connectivity index (χ0v) is 8.30. The summed E-state index contributed by atoms with van der Waals surface area (Å²) < 4.78 is 0. The molecule has 1 aliphatic rings. The highest BCUT2D eigenvalue weighted by molar-refractivity contribution is 5.94. The molecule has 0 saturated heterocycles. The molecule has 15 heavy (non-hydrogen) atoms. The third-order valence-electron chi connectivity index (χ3n) is 2.63. The van der Waals surface area contributed by atoms with Gasteiger partial charge in [0.15, 0.2) is 0 Å². The molecule has 0 amide bonds. The van der Waals surface area contributed by atoms with E-state index in [9.17, 15) is 0 Å². The highest BCUT2D eigenvalue weighted by Crippen LogP contribution is 2.27. The average Bonchev–Trinajstić information content (AvgIpc) is 2.82. The molecule has 0 unspecified atom stereocenters. The molecule has 3 heteroatoms. The van der Waals surface area contributed by atoms with Crippen molar-refractivity contribution >= 4 is 16.5 Å². The van der Waals surface area contributed by atoms with Crippen LogP contribution in [-0.4, -0.2) is 13.1 Å². The molecule has 3 nitrogen and oxygen atoms in total. The zero-order valence-electron chi connectivity index (χ0n) is 8.30. The largest absolute Gasteiger partial charge is 0.245 e. The molecule has 0 aromatic heterocycles. The van der Waals surface area contributed by atoms with Gasteiger partial charge in [-0.25, -0.2) is 5.01 Å². The van der Waals surface area contributed by atoms with Gasteiger partial charge in [-0.3, -0.25) is 0 Å². The number of hydrogen-bond acceptors (Lipinski definition) is 3. The third-order valence-corrected chi connectivity index (χ3v) is 2.63. The molecule has 74 valence electrons. The molecule has 0 aliphatic carbocycles. The molecule has 0 N–H and O–H groups in total. The second-order valence-electron chi connectivity index (χ2n) is 3.58. The molecular formula is C12H11N3. The Morgan fingerprint density at radius 1 is 1.00 bits per heavy atom. The summed E-state index contributed by atoms with van der Waals surface area (Å²) in [6.45, 7) is 1.68. The lowest BCUT2D eigenvalue weighted by atomic mass is 10.1. The van der Waals surface area contributed by atoms with Gasteiger partial charge in [-0.2, -0.15) is 5.11 Å². The van der Waals surface area contributed by atoms with Crippen LogP contribution < -0.4 is 5.01 Å². The number of nitrogens with zero attached hydrogens (tertiary/aromatic N) is 3. The monoisotopic (exact) mass is 197 g/mol. The molecule has 0 bridgehead atoms. The normalized spacial score (nSPS) is 15.1. The van der Waals surface area contributed by atoms with Crippen LogP contribution in [0.15, 0.2) is 52.8 Å². The maximum absolute atomic E-state index is 4.11. The minimum atomic E-state index is 0.795. The second kappa shape index (κ2) is 3.35. The van der Waals surface area contributed by atoms with Crippen molar-refractivity contribution in [3.8, 4) is 0 Å². The molecule has 0 atom stereocenters. The van der Waals surface area contributed by atoms with Crippen molar-refractivity contribution < 1.29 is 0 Å². The van der Waals surface area contributed by atoms with Gasteiger partial charge in [0.2, 0.25) is 0 Å². The number of rotatable bonds is 1. The Hall–Kier alpha value is -1.90. The molecule has 2 aromatic rings. The van der Waals surface area contributed by atoms with Crippen molar-refractivity contribution in [3.63, 3.8) is 0 Å². The van der Waals surface area contributed by atoms with E-state index in [0.29, 0.717) is 0 Å². The predicted octanol–water partition coefficient (Wildman–Crippen LogP) is 3.03. The van der Waals surface area contributed by atoms with Crippen molar-refractivity contribution in [2.45, 2.75) is 0 Å². The molecule has 2 aromatic carbocycles. The Kier molecular flexibility index (Phi) is 1.88. The summed E-state index contributed by atoms with van der Waals surface area (Å²) >= 11 is 0. The van der Waals surface area contributed by atoms with Gasteiger partial charge in [0.25, 0.3) is 0 Å². The third kappa shape index (κ3) is 1.36. The van der Waals surface area contributed by atoms with Crippen LogP contribution in [0.3, 0.4) is 0 Å². The highest BCUT2D eigenvalue weighted by Gasteiger charge is 2.11. The van der Waals surface area contributed by atoms with E-state index < -0.39 is 0 Å². The fourth-order valence-corrected chi connectivity index (χ4v) is 1.91. The lowest BCUT2D eigenvalue weighted by Gasteiger charge is -2.14. The van der Waals surface area contributed by atoms with Gasteiger partial charge in [0.05, 0.1) is 18.8 Å². The summed E-state index contributed by atoms with van der Waals surface area (Å²) in [6.07, 6.45) is 0. The minimum Gasteiger partial charge on any atom is -0.245 e. The van der Waals surface area contributed by atoms with Gasteiger partial charge in [-0.15, -0.1) is 0 Å². The first-order valence-corrected chi connectivity index (χ1v) is 5.08. The first kappa shape index (κ1) is 8.41. The van der Waals surface area contributed by atoms with E-state index in [1.807, 2.05) is 5.01 Å². The number of hydrogen-bond donors (Lipinski definition) is 0. The molecule has 0 spiro atoms. The maximum atomic E-state index is 4.11. The molecular weight excluding hydrogens is 186 g/mol. The smallest absolute Gasteiger partial charge is 0.0817 e. The highest BCUT2D eigenvalue weighted by atomic mass is 15.6. The Morgan fingerprint density at radius 2 is 1.87 bits per heavy atom. The molecule has 1 aliphatic heterocycles. The van der Waals surface area contributed by atoms with E-state index in [0.717, 1.165) is 18.8 Å². The van der Waals surface area contributed by atoms with Crippen molar-refractivity contribution in [2.75, 3.05) is 18.1 Å². The Balaban J connectivity index is 2.21. The Bertz CT molecular complexity index is 514. The molecule has 0 radical (unpaired) electrons. The summed E-state index contributed by atoms with van der Waals surface area (Å²) in [5.41, 5.74) is 1.15. The van der Waals surface area contributed by atoms with Crippen molar-refractivity contribution in [3.05, 3.63) is 42.5 Å². The first-order chi connectivity index (χ1) is 7.45. The van der Waals surface area contributed by atoms with Gasteiger partial charge >= 0.3 is 0 Å². The van der Waals surface area contributed by atoms with Crippen molar-refractivity contribution in [2.24, 2.45) is 10.3 Å². The summed E-state index contributed by atoms with van der Waals surface area (Å²) in [6, 6.07) is 14.6. The topological polar surface area (TPSA) is 28.0 Å². The molecule has 0 fully saturated rings. The summed E-state index contributed by atoms with van der Waals surface area (Å²) in [5, 5.41) is 12.6. The Morgan fingerprint density at radius 3 is 2.73 bits per heavy atom. The van der Waals surface area contributed by atoms with Crippen LogP contribution >= 0.6 is 0 Å². The van der Waals surface area contributed by atoms with Crippen molar-refractivity contribution in [1.29, 1.82) is 0 Å². The van der Waals surface area contributed by atoms with Crippen LogP contribution in [0.1, 0.15) is 0 Å². The predicted molar refractivity (Wildman–Crippen MR) is 61.0 cm³/mol. The number of fused-ring (bicyclic) bond motifs is 1. The van der Waals surface area contributed by atoms with E-state index in [1.165, 1.54) is 10.8 Å². The summed E-state index contributed by atoms with van der Waals surface area (Å²) in [4.78, 5) is 0. The van der Waals surface area contributed by atoms with Crippen LogP contribution in [0.4, 0.5) is 5.69 Å². The Labute approximate surface area is 88.0 Å². The van der Waals surface area contributed by atoms with Gasteiger partial charge in [0.1, 0.15) is 0 Å². The molecule has 1 heterocycles. The average molecular weight is 197 g/mol. The van der Waals surface area contributed by atoms with Crippen LogP contribution in [0, 0.1) is 0 Å². The van der Waals surface area contributed by atoms with Gasteiger partial charge in [-0.05, 0) is 11.5 Å². The second-order valence-corrected chi connectivity index (χ2v) is 3.58. The SMILES string of the molecule is c1ccc2c(N3CCN=N3)cccc2c1. The summed E-state index contributed by atoms with van der Waals surface area (Å²) in [5.74, 6) is 0. The molecule has 3 rings (SSSR count). The van der Waals surface area contributed by atoms with E-state index in [2.05, 4.69) is 52.8 Å².